The highest BCUT2D eigenvalue weighted by molar-refractivity contribution is 5.81. The Hall–Kier alpha value is -2.63. The molecular formula is C15H16N2O4. The second-order valence-corrected chi connectivity index (χ2v) is 4.56. The summed E-state index contributed by atoms with van der Waals surface area (Å²) in [6.45, 7) is 1.47. The number of nitrogens with zero attached hydrogens (tertiary/aromatic N) is 1. The summed E-state index contributed by atoms with van der Waals surface area (Å²) in [5.74, 6) is -0.246. The van der Waals surface area contributed by atoms with E-state index in [0.29, 0.717) is 18.1 Å². The Morgan fingerprint density at radius 1 is 1.29 bits per heavy atom. The summed E-state index contributed by atoms with van der Waals surface area (Å²) in [6, 6.07) is 9.60. The molecule has 0 radical (unpaired) electrons. The first-order valence-corrected chi connectivity index (χ1v) is 6.56. The Balaban J connectivity index is 1.97. The number of aliphatic carboxylic acids is 1. The van der Waals surface area contributed by atoms with Crippen molar-refractivity contribution in [2.75, 3.05) is 6.54 Å². The van der Waals surface area contributed by atoms with Crippen LogP contribution in [0.3, 0.4) is 0 Å². The highest BCUT2D eigenvalue weighted by Crippen LogP contribution is 2.24. The van der Waals surface area contributed by atoms with Crippen LogP contribution in [0.2, 0.25) is 0 Å². The summed E-state index contributed by atoms with van der Waals surface area (Å²) in [4.78, 5) is 26.1. The quantitative estimate of drug-likeness (QED) is 0.845. The van der Waals surface area contributed by atoms with Gasteiger partial charge >= 0.3 is 5.97 Å². The lowest BCUT2D eigenvalue weighted by atomic mass is 10.1. The van der Waals surface area contributed by atoms with Gasteiger partial charge in [0.2, 0.25) is 5.91 Å². The lowest BCUT2D eigenvalue weighted by Gasteiger charge is -2.00. The standard InChI is InChI=1S/C15H16N2O4/c1-10-15(11-5-3-2-4-6-11)21-13(17-10)8-7-12(18)16-9-14(19)20/h2-6H,7-9H2,1H3,(H,16,18)(H,19,20). The molecule has 1 aromatic carbocycles. The Bertz CT molecular complexity index is 634. The SMILES string of the molecule is Cc1nc(CCC(=O)NCC(=O)O)oc1-c1ccccc1. The topological polar surface area (TPSA) is 92.4 Å². The fraction of sp³-hybridized carbons (Fsp3) is 0.267. The van der Waals surface area contributed by atoms with Gasteiger partial charge < -0.3 is 14.8 Å². The number of carbonyl (C=O) groups excluding carboxylic acids is 1. The van der Waals surface area contributed by atoms with Crippen molar-refractivity contribution in [2.45, 2.75) is 19.8 Å². The minimum Gasteiger partial charge on any atom is -0.480 e. The van der Waals surface area contributed by atoms with Crippen molar-refractivity contribution < 1.29 is 19.1 Å². The molecule has 0 spiro atoms. The van der Waals surface area contributed by atoms with Crippen molar-refractivity contribution in [3.63, 3.8) is 0 Å². The maximum Gasteiger partial charge on any atom is 0.322 e. The van der Waals surface area contributed by atoms with Gasteiger partial charge in [-0.25, -0.2) is 4.98 Å². The van der Waals surface area contributed by atoms with Crippen LogP contribution in [0.5, 0.6) is 0 Å². The molecule has 0 saturated heterocycles. The zero-order chi connectivity index (χ0) is 15.2. The maximum absolute atomic E-state index is 11.4. The van der Waals surface area contributed by atoms with Gasteiger partial charge in [-0.15, -0.1) is 0 Å². The van der Waals surface area contributed by atoms with E-state index in [0.717, 1.165) is 11.3 Å². The number of carboxylic acid groups (broad SMARTS) is 1. The highest BCUT2D eigenvalue weighted by Gasteiger charge is 2.13. The molecule has 0 aliphatic heterocycles. The van der Waals surface area contributed by atoms with Crippen molar-refractivity contribution in [1.29, 1.82) is 0 Å². The summed E-state index contributed by atoms with van der Waals surface area (Å²) in [5, 5.41) is 10.8. The summed E-state index contributed by atoms with van der Waals surface area (Å²) < 4.78 is 5.67. The van der Waals surface area contributed by atoms with E-state index in [2.05, 4.69) is 10.3 Å². The van der Waals surface area contributed by atoms with Crippen LogP contribution in [0.1, 0.15) is 18.0 Å². The third-order valence-corrected chi connectivity index (χ3v) is 2.88. The van der Waals surface area contributed by atoms with E-state index in [9.17, 15) is 9.59 Å². The number of aromatic nitrogens is 1. The number of hydrogen-bond acceptors (Lipinski definition) is 4. The van der Waals surface area contributed by atoms with Gasteiger partial charge in [0, 0.05) is 18.4 Å². The Morgan fingerprint density at radius 2 is 2.00 bits per heavy atom. The van der Waals surface area contributed by atoms with E-state index in [-0.39, 0.29) is 18.9 Å². The number of aryl methyl sites for hydroxylation is 2. The molecule has 0 fully saturated rings. The monoisotopic (exact) mass is 288 g/mol. The number of hydrogen-bond donors (Lipinski definition) is 2. The van der Waals surface area contributed by atoms with Gasteiger partial charge in [-0.1, -0.05) is 30.3 Å². The van der Waals surface area contributed by atoms with Gasteiger partial charge in [-0.05, 0) is 6.92 Å². The largest absolute Gasteiger partial charge is 0.480 e. The van der Waals surface area contributed by atoms with Gasteiger partial charge in [0.25, 0.3) is 0 Å². The Morgan fingerprint density at radius 3 is 2.67 bits per heavy atom. The molecule has 6 heteroatoms. The lowest BCUT2D eigenvalue weighted by Crippen LogP contribution is -2.29. The summed E-state index contributed by atoms with van der Waals surface area (Å²) in [6.07, 6.45) is 0.473. The number of carboxylic acids is 1. The average Bonchev–Trinajstić information content (AvgIpc) is 2.85. The van der Waals surface area contributed by atoms with Gasteiger partial charge in [0.15, 0.2) is 11.7 Å². The minimum atomic E-state index is -1.07. The molecule has 6 nitrogen and oxygen atoms in total. The van der Waals surface area contributed by atoms with Crippen LogP contribution in [-0.2, 0) is 16.0 Å². The second-order valence-electron chi connectivity index (χ2n) is 4.56. The molecule has 1 aromatic heterocycles. The molecule has 2 rings (SSSR count). The number of rotatable bonds is 6. The molecule has 2 aromatic rings. The second kappa shape index (κ2) is 6.69. The van der Waals surface area contributed by atoms with E-state index in [1.54, 1.807) is 0 Å². The number of amides is 1. The molecule has 0 aliphatic rings. The van der Waals surface area contributed by atoms with E-state index in [1.807, 2.05) is 37.3 Å². The predicted molar refractivity (Wildman–Crippen MR) is 75.6 cm³/mol. The first-order valence-electron chi connectivity index (χ1n) is 6.56. The third kappa shape index (κ3) is 4.17. The molecule has 0 bridgehead atoms. The van der Waals surface area contributed by atoms with Crippen LogP contribution in [0.25, 0.3) is 11.3 Å². The minimum absolute atomic E-state index is 0.140. The van der Waals surface area contributed by atoms with Crippen molar-refractivity contribution in [2.24, 2.45) is 0 Å². The molecule has 0 atom stereocenters. The van der Waals surface area contributed by atoms with Crippen LogP contribution < -0.4 is 5.32 Å². The van der Waals surface area contributed by atoms with E-state index < -0.39 is 5.97 Å². The van der Waals surface area contributed by atoms with Crippen molar-refractivity contribution in [1.82, 2.24) is 10.3 Å². The molecule has 21 heavy (non-hydrogen) atoms. The number of carbonyl (C=O) groups is 2. The van der Waals surface area contributed by atoms with E-state index in [1.165, 1.54) is 0 Å². The van der Waals surface area contributed by atoms with Gasteiger partial charge in [0.1, 0.15) is 6.54 Å². The van der Waals surface area contributed by atoms with E-state index in [4.69, 9.17) is 9.52 Å². The summed E-state index contributed by atoms with van der Waals surface area (Å²) in [7, 11) is 0. The van der Waals surface area contributed by atoms with E-state index >= 15 is 0 Å². The molecule has 0 saturated carbocycles. The summed E-state index contributed by atoms with van der Waals surface area (Å²) >= 11 is 0. The van der Waals surface area contributed by atoms with Crippen molar-refractivity contribution >= 4 is 11.9 Å². The zero-order valence-electron chi connectivity index (χ0n) is 11.6. The highest BCUT2D eigenvalue weighted by atomic mass is 16.4. The zero-order valence-corrected chi connectivity index (χ0v) is 11.6. The first-order chi connectivity index (χ1) is 10.1. The van der Waals surface area contributed by atoms with Crippen LogP contribution in [0.4, 0.5) is 0 Å². The third-order valence-electron chi connectivity index (χ3n) is 2.88. The smallest absolute Gasteiger partial charge is 0.322 e. The maximum atomic E-state index is 11.4. The molecular weight excluding hydrogens is 272 g/mol. The fourth-order valence-electron chi connectivity index (χ4n) is 1.90. The predicted octanol–water partition coefficient (Wildman–Crippen LogP) is 1.78. The van der Waals surface area contributed by atoms with Crippen LogP contribution >= 0.6 is 0 Å². The van der Waals surface area contributed by atoms with Gasteiger partial charge in [-0.2, -0.15) is 0 Å². The fourth-order valence-corrected chi connectivity index (χ4v) is 1.90. The van der Waals surface area contributed by atoms with Gasteiger partial charge in [0.05, 0.1) is 5.69 Å². The number of nitrogens with one attached hydrogen (secondary N) is 1. The van der Waals surface area contributed by atoms with Crippen molar-refractivity contribution in [3.05, 3.63) is 41.9 Å². The number of benzene rings is 1. The van der Waals surface area contributed by atoms with Gasteiger partial charge in [-0.3, -0.25) is 9.59 Å². The molecule has 0 aliphatic carbocycles. The first kappa shape index (κ1) is 14.8. The summed E-state index contributed by atoms with van der Waals surface area (Å²) in [5.41, 5.74) is 1.70. The molecule has 110 valence electrons. The lowest BCUT2D eigenvalue weighted by molar-refractivity contribution is -0.137. The Labute approximate surface area is 121 Å². The molecule has 0 unspecified atom stereocenters. The normalized spacial score (nSPS) is 10.3. The Kier molecular flexibility index (Phi) is 4.71. The van der Waals surface area contributed by atoms with Crippen molar-refractivity contribution in [3.8, 4) is 11.3 Å². The van der Waals surface area contributed by atoms with Crippen LogP contribution in [0, 0.1) is 6.92 Å². The average molecular weight is 288 g/mol. The number of oxazole rings is 1. The van der Waals surface area contributed by atoms with Crippen LogP contribution in [-0.4, -0.2) is 28.5 Å². The van der Waals surface area contributed by atoms with Crippen LogP contribution in [0.15, 0.2) is 34.7 Å². The molecule has 1 amide bonds. The molecule has 1 heterocycles. The molecule has 2 N–H and O–H groups in total.